The molecule has 28 heavy (non-hydrogen) atoms. The van der Waals surface area contributed by atoms with E-state index in [0.717, 1.165) is 44.3 Å². The minimum Gasteiger partial charge on any atom is -0.400 e. The zero-order valence-corrected chi connectivity index (χ0v) is 17.2. The van der Waals surface area contributed by atoms with Gasteiger partial charge in [-0.05, 0) is 42.7 Å². The Morgan fingerprint density at radius 1 is 0.714 bits per heavy atom. The van der Waals surface area contributed by atoms with Gasteiger partial charge in [0.05, 0.1) is 0 Å². The average Bonchev–Trinajstić information content (AvgIpc) is 2.83. The van der Waals surface area contributed by atoms with Crippen molar-refractivity contribution in [1.82, 2.24) is 0 Å². The molecule has 2 N–H and O–H groups in total. The summed E-state index contributed by atoms with van der Waals surface area (Å²) in [5.74, 6) is 0.861. The first kappa shape index (κ1) is 22.6. The largest absolute Gasteiger partial charge is 0.400 e. The molecule has 2 aromatic carbocycles. The fourth-order valence-corrected chi connectivity index (χ4v) is 4.46. The molecule has 0 radical (unpaired) electrons. The highest BCUT2D eigenvalue weighted by Crippen LogP contribution is 2.39. The van der Waals surface area contributed by atoms with Crippen LogP contribution in [0.25, 0.3) is 0 Å². The van der Waals surface area contributed by atoms with E-state index in [1.54, 1.807) is 5.56 Å². The summed E-state index contributed by atoms with van der Waals surface area (Å²) in [6.45, 7) is 0. The summed E-state index contributed by atoms with van der Waals surface area (Å²) in [6.07, 6.45) is 12.5. The molecule has 2 aliphatic carbocycles. The van der Waals surface area contributed by atoms with E-state index in [9.17, 15) is 0 Å². The first-order valence-electron chi connectivity index (χ1n) is 10.7. The maximum absolute atomic E-state index is 9.09. The Morgan fingerprint density at radius 3 is 1.75 bits per heavy atom. The second kappa shape index (κ2) is 12.7. The van der Waals surface area contributed by atoms with Gasteiger partial charge in [0, 0.05) is 7.11 Å². The molecule has 2 saturated carbocycles. The topological polar surface area (TPSA) is 49.7 Å². The van der Waals surface area contributed by atoms with Crippen LogP contribution in [-0.2, 0) is 10.5 Å². The van der Waals surface area contributed by atoms with Gasteiger partial charge in [-0.25, -0.2) is 4.89 Å². The van der Waals surface area contributed by atoms with Crippen LogP contribution in [0.1, 0.15) is 81.3 Å². The van der Waals surface area contributed by atoms with E-state index in [4.69, 9.17) is 15.3 Å². The first-order valence-corrected chi connectivity index (χ1v) is 10.7. The van der Waals surface area contributed by atoms with E-state index in [1.165, 1.54) is 38.5 Å². The zero-order valence-electron chi connectivity index (χ0n) is 17.2. The summed E-state index contributed by atoms with van der Waals surface area (Å²) in [4.78, 5) is 4.76. The maximum atomic E-state index is 9.09. The van der Waals surface area contributed by atoms with Crippen molar-refractivity contribution in [2.24, 2.45) is 0 Å². The standard InChI is InChI=1S/C12H16O2.C12H16.CH4O/c13-14-12(9-5-2-6-10-12)11-7-3-1-4-8-11;1-3-7-11(8-4-1)12-9-5-2-6-10-12;1-2/h1,3-4,7-8,13H,2,5-6,9-10H2;1,3-4,7-8,12H,2,5-6,9-10H2;2H,1H3. The Kier molecular flexibility index (Phi) is 10.3. The molecule has 0 unspecified atom stereocenters. The molecule has 0 heterocycles. The summed E-state index contributed by atoms with van der Waals surface area (Å²) in [5.41, 5.74) is 2.22. The third-order valence-electron chi connectivity index (χ3n) is 6.01. The van der Waals surface area contributed by atoms with Gasteiger partial charge < -0.3 is 5.11 Å². The minimum absolute atomic E-state index is 0.431. The predicted molar refractivity (Wildman–Crippen MR) is 115 cm³/mol. The van der Waals surface area contributed by atoms with E-state index in [0.29, 0.717) is 0 Å². The van der Waals surface area contributed by atoms with Crippen LogP contribution in [0.3, 0.4) is 0 Å². The molecule has 0 bridgehead atoms. The van der Waals surface area contributed by atoms with Crippen molar-refractivity contribution in [1.29, 1.82) is 0 Å². The van der Waals surface area contributed by atoms with Crippen molar-refractivity contribution >= 4 is 0 Å². The number of aliphatic hydroxyl groups is 1. The highest BCUT2D eigenvalue weighted by atomic mass is 17.1. The number of rotatable bonds is 3. The molecule has 0 aromatic heterocycles. The fraction of sp³-hybridized carbons (Fsp3) is 0.520. The van der Waals surface area contributed by atoms with Gasteiger partial charge in [0.2, 0.25) is 0 Å². The highest BCUT2D eigenvalue weighted by Gasteiger charge is 2.35. The van der Waals surface area contributed by atoms with Gasteiger partial charge in [-0.15, -0.1) is 0 Å². The predicted octanol–water partition coefficient (Wildman–Crippen LogP) is 6.68. The molecule has 2 aromatic rings. The summed E-state index contributed by atoms with van der Waals surface area (Å²) >= 11 is 0. The Labute approximate surface area is 170 Å². The monoisotopic (exact) mass is 384 g/mol. The number of hydrogen-bond acceptors (Lipinski definition) is 3. The van der Waals surface area contributed by atoms with Gasteiger partial charge in [-0.1, -0.05) is 99.2 Å². The lowest BCUT2D eigenvalue weighted by Gasteiger charge is -2.34. The average molecular weight is 385 g/mol. The van der Waals surface area contributed by atoms with Gasteiger partial charge in [-0.3, -0.25) is 5.26 Å². The molecular formula is C25H36O3. The van der Waals surface area contributed by atoms with Gasteiger partial charge in [0.25, 0.3) is 0 Å². The number of benzene rings is 2. The lowest BCUT2D eigenvalue weighted by atomic mass is 9.80. The van der Waals surface area contributed by atoms with Crippen LogP contribution in [0, 0.1) is 0 Å². The molecule has 0 atom stereocenters. The van der Waals surface area contributed by atoms with Gasteiger partial charge in [0.1, 0.15) is 5.60 Å². The summed E-state index contributed by atoms with van der Waals surface area (Å²) in [6, 6.07) is 21.0. The van der Waals surface area contributed by atoms with Crippen LogP contribution in [-0.4, -0.2) is 17.5 Å². The molecule has 3 nitrogen and oxygen atoms in total. The van der Waals surface area contributed by atoms with Gasteiger partial charge in [0.15, 0.2) is 0 Å². The van der Waals surface area contributed by atoms with Crippen LogP contribution < -0.4 is 0 Å². The molecule has 0 saturated heterocycles. The zero-order chi connectivity index (χ0) is 20.1. The van der Waals surface area contributed by atoms with Crippen molar-refractivity contribution < 1.29 is 15.3 Å². The van der Waals surface area contributed by atoms with Gasteiger partial charge >= 0.3 is 0 Å². The van der Waals surface area contributed by atoms with Crippen molar-refractivity contribution in [3.63, 3.8) is 0 Å². The molecule has 4 rings (SSSR count). The Balaban J connectivity index is 0.000000186. The lowest BCUT2D eigenvalue weighted by molar-refractivity contribution is -0.337. The third-order valence-corrected chi connectivity index (χ3v) is 6.01. The normalized spacial score (nSPS) is 18.8. The van der Waals surface area contributed by atoms with Crippen molar-refractivity contribution in [2.75, 3.05) is 7.11 Å². The Bertz CT molecular complexity index is 615. The third kappa shape index (κ3) is 6.44. The molecule has 2 fully saturated rings. The SMILES string of the molecule is CO.OOC1(c2ccccc2)CCCCC1.c1ccc(C2CCCCC2)cc1. The lowest BCUT2D eigenvalue weighted by Crippen LogP contribution is -2.31. The maximum Gasteiger partial charge on any atom is 0.128 e. The van der Waals surface area contributed by atoms with E-state index >= 15 is 0 Å². The van der Waals surface area contributed by atoms with Crippen LogP contribution in [0.5, 0.6) is 0 Å². The smallest absolute Gasteiger partial charge is 0.128 e. The van der Waals surface area contributed by atoms with Crippen molar-refractivity contribution in [2.45, 2.75) is 75.7 Å². The van der Waals surface area contributed by atoms with Crippen LogP contribution in [0.15, 0.2) is 60.7 Å². The quantitative estimate of drug-likeness (QED) is 0.458. The highest BCUT2D eigenvalue weighted by molar-refractivity contribution is 5.23. The van der Waals surface area contributed by atoms with Crippen LogP contribution in [0.2, 0.25) is 0 Å². The fourth-order valence-electron chi connectivity index (χ4n) is 4.46. The van der Waals surface area contributed by atoms with E-state index in [2.05, 4.69) is 30.3 Å². The van der Waals surface area contributed by atoms with E-state index in [-0.39, 0.29) is 0 Å². The molecular weight excluding hydrogens is 348 g/mol. The Hall–Kier alpha value is -1.68. The van der Waals surface area contributed by atoms with Crippen LogP contribution >= 0.6 is 0 Å². The minimum atomic E-state index is -0.431. The van der Waals surface area contributed by atoms with Crippen molar-refractivity contribution in [3.05, 3.63) is 71.8 Å². The summed E-state index contributed by atoms with van der Waals surface area (Å²) in [5, 5.41) is 16.1. The molecule has 0 amide bonds. The Morgan fingerprint density at radius 2 is 1.21 bits per heavy atom. The summed E-state index contributed by atoms with van der Waals surface area (Å²) in [7, 11) is 1.00. The van der Waals surface area contributed by atoms with E-state index in [1.807, 2.05) is 30.3 Å². The van der Waals surface area contributed by atoms with Crippen molar-refractivity contribution in [3.8, 4) is 0 Å². The first-order chi connectivity index (χ1) is 13.8. The molecule has 154 valence electrons. The van der Waals surface area contributed by atoms with E-state index < -0.39 is 5.60 Å². The second-order valence-corrected chi connectivity index (χ2v) is 7.76. The molecule has 2 aliphatic rings. The number of aliphatic hydroxyl groups excluding tert-OH is 1. The number of hydrogen-bond donors (Lipinski definition) is 2. The van der Waals surface area contributed by atoms with Gasteiger partial charge in [-0.2, -0.15) is 0 Å². The molecule has 0 aliphatic heterocycles. The van der Waals surface area contributed by atoms with Crippen LogP contribution in [0.4, 0.5) is 0 Å². The summed E-state index contributed by atoms with van der Waals surface area (Å²) < 4.78 is 0. The molecule has 3 heteroatoms. The molecule has 0 spiro atoms. The second-order valence-electron chi connectivity index (χ2n) is 7.76.